The summed E-state index contributed by atoms with van der Waals surface area (Å²) < 4.78 is 0. The van der Waals surface area contributed by atoms with Crippen LogP contribution in [0.4, 0.5) is 0 Å². The Balaban J connectivity index is 1.97. The van der Waals surface area contributed by atoms with Gasteiger partial charge in [0.1, 0.15) is 0 Å². The van der Waals surface area contributed by atoms with Crippen molar-refractivity contribution in [3.63, 3.8) is 0 Å². The van der Waals surface area contributed by atoms with Crippen LogP contribution in [-0.2, 0) is 4.79 Å². The van der Waals surface area contributed by atoms with E-state index in [0.29, 0.717) is 6.04 Å². The monoisotopic (exact) mass is 225 g/mol. The van der Waals surface area contributed by atoms with Gasteiger partial charge in [0.15, 0.2) is 0 Å². The second-order valence-electron chi connectivity index (χ2n) is 5.79. The number of carboxylic acid groups (broad SMARTS) is 1. The average molecular weight is 225 g/mol. The summed E-state index contributed by atoms with van der Waals surface area (Å²) in [4.78, 5) is 13.7. The lowest BCUT2D eigenvalue weighted by molar-refractivity contribution is -0.150. The summed E-state index contributed by atoms with van der Waals surface area (Å²) in [6.45, 7) is 2.97. The average Bonchev–Trinajstić information content (AvgIpc) is 2.98. The highest BCUT2D eigenvalue weighted by atomic mass is 16.4. The number of carbonyl (C=O) groups is 1. The quantitative estimate of drug-likeness (QED) is 0.781. The summed E-state index contributed by atoms with van der Waals surface area (Å²) in [5.74, 6) is 0.233. The van der Waals surface area contributed by atoms with Crippen molar-refractivity contribution in [2.24, 2.45) is 11.3 Å². The fourth-order valence-electron chi connectivity index (χ4n) is 3.05. The minimum Gasteiger partial charge on any atom is -0.481 e. The van der Waals surface area contributed by atoms with Crippen LogP contribution in [0.15, 0.2) is 0 Å². The lowest BCUT2D eigenvalue weighted by Crippen LogP contribution is -2.43. The van der Waals surface area contributed by atoms with Crippen LogP contribution in [0.25, 0.3) is 0 Å². The minimum absolute atomic E-state index is 0.447. The van der Waals surface area contributed by atoms with Gasteiger partial charge < -0.3 is 10.0 Å². The molecule has 1 atom stereocenters. The summed E-state index contributed by atoms with van der Waals surface area (Å²) in [6.07, 6.45) is 6.54. The van der Waals surface area contributed by atoms with Gasteiger partial charge in [0.2, 0.25) is 0 Å². The van der Waals surface area contributed by atoms with Crippen LogP contribution in [-0.4, -0.2) is 35.6 Å². The second-order valence-corrected chi connectivity index (χ2v) is 5.79. The first-order valence-corrected chi connectivity index (χ1v) is 6.49. The van der Waals surface area contributed by atoms with E-state index in [1.807, 2.05) is 0 Å². The molecule has 2 aliphatic rings. The van der Waals surface area contributed by atoms with Crippen LogP contribution in [0.5, 0.6) is 0 Å². The van der Waals surface area contributed by atoms with Crippen LogP contribution in [0.1, 0.15) is 45.4 Å². The Bertz CT molecular complexity index is 267. The lowest BCUT2D eigenvalue weighted by atomic mass is 9.85. The van der Waals surface area contributed by atoms with E-state index in [1.165, 1.54) is 12.8 Å². The van der Waals surface area contributed by atoms with E-state index in [9.17, 15) is 9.90 Å². The van der Waals surface area contributed by atoms with Gasteiger partial charge in [0.25, 0.3) is 0 Å². The van der Waals surface area contributed by atoms with Crippen molar-refractivity contribution in [2.75, 3.05) is 13.6 Å². The summed E-state index contributed by atoms with van der Waals surface area (Å²) >= 11 is 0. The van der Waals surface area contributed by atoms with Crippen molar-refractivity contribution >= 4 is 5.97 Å². The molecule has 0 aromatic heterocycles. The van der Waals surface area contributed by atoms with Crippen LogP contribution >= 0.6 is 0 Å². The van der Waals surface area contributed by atoms with Crippen molar-refractivity contribution in [1.82, 2.24) is 4.90 Å². The van der Waals surface area contributed by atoms with Crippen molar-refractivity contribution < 1.29 is 9.90 Å². The molecule has 0 radical (unpaired) electrons. The number of nitrogens with zero attached hydrogens (tertiary/aromatic N) is 1. The zero-order valence-electron chi connectivity index (χ0n) is 10.4. The van der Waals surface area contributed by atoms with Gasteiger partial charge in [-0.3, -0.25) is 4.79 Å². The molecule has 2 saturated carbocycles. The summed E-state index contributed by atoms with van der Waals surface area (Å²) in [5.41, 5.74) is -0.447. The molecule has 0 saturated heterocycles. The molecule has 2 aliphatic carbocycles. The number of rotatable bonds is 5. The highest BCUT2D eigenvalue weighted by Gasteiger charge is 2.43. The van der Waals surface area contributed by atoms with Gasteiger partial charge in [-0.2, -0.15) is 0 Å². The van der Waals surface area contributed by atoms with E-state index in [2.05, 4.69) is 18.9 Å². The van der Waals surface area contributed by atoms with Gasteiger partial charge in [-0.05, 0) is 45.6 Å². The zero-order valence-corrected chi connectivity index (χ0v) is 10.4. The lowest BCUT2D eigenvalue weighted by Gasteiger charge is -2.33. The molecule has 0 heterocycles. The van der Waals surface area contributed by atoms with E-state index in [0.717, 1.165) is 38.1 Å². The molecule has 0 aliphatic heterocycles. The van der Waals surface area contributed by atoms with E-state index in [-0.39, 0.29) is 0 Å². The van der Waals surface area contributed by atoms with Crippen molar-refractivity contribution in [3.05, 3.63) is 0 Å². The van der Waals surface area contributed by atoms with Crippen LogP contribution in [0.3, 0.4) is 0 Å². The van der Waals surface area contributed by atoms with Crippen LogP contribution < -0.4 is 0 Å². The van der Waals surface area contributed by atoms with E-state index in [1.54, 1.807) is 0 Å². The Morgan fingerprint density at radius 3 is 2.44 bits per heavy atom. The summed E-state index contributed by atoms with van der Waals surface area (Å²) in [6, 6.07) is 0.553. The molecular weight excluding hydrogens is 202 g/mol. The van der Waals surface area contributed by atoms with Gasteiger partial charge in [-0.15, -0.1) is 0 Å². The smallest absolute Gasteiger partial charge is 0.310 e. The third-order valence-corrected chi connectivity index (χ3v) is 4.57. The van der Waals surface area contributed by atoms with Crippen molar-refractivity contribution in [3.8, 4) is 0 Å². The molecular formula is C13H23NO2. The van der Waals surface area contributed by atoms with E-state index < -0.39 is 11.4 Å². The van der Waals surface area contributed by atoms with Gasteiger partial charge in [0.05, 0.1) is 5.41 Å². The molecule has 2 rings (SSSR count). The molecule has 1 unspecified atom stereocenters. The maximum atomic E-state index is 11.4. The zero-order chi connectivity index (χ0) is 11.8. The summed E-state index contributed by atoms with van der Waals surface area (Å²) in [5, 5.41) is 9.42. The molecule has 0 bridgehead atoms. The SMILES string of the molecule is CC(C1CC1)N(C)CC1(C(=O)O)CCCC1. The molecule has 92 valence electrons. The van der Waals surface area contributed by atoms with Crippen LogP contribution in [0, 0.1) is 11.3 Å². The molecule has 0 aromatic rings. The third-order valence-electron chi connectivity index (χ3n) is 4.57. The Morgan fingerprint density at radius 2 is 2.00 bits per heavy atom. The minimum atomic E-state index is -0.583. The predicted octanol–water partition coefficient (Wildman–Crippen LogP) is 2.36. The highest BCUT2D eigenvalue weighted by Crippen LogP contribution is 2.41. The van der Waals surface area contributed by atoms with E-state index >= 15 is 0 Å². The molecule has 3 heteroatoms. The van der Waals surface area contributed by atoms with Crippen LogP contribution in [0.2, 0.25) is 0 Å². The maximum absolute atomic E-state index is 11.4. The summed E-state index contributed by atoms with van der Waals surface area (Å²) in [7, 11) is 2.09. The fraction of sp³-hybridized carbons (Fsp3) is 0.923. The predicted molar refractivity (Wildman–Crippen MR) is 63.4 cm³/mol. The molecule has 2 fully saturated rings. The number of aliphatic carboxylic acids is 1. The van der Waals surface area contributed by atoms with Crippen molar-refractivity contribution in [1.29, 1.82) is 0 Å². The van der Waals surface area contributed by atoms with Crippen molar-refractivity contribution in [2.45, 2.75) is 51.5 Å². The largest absolute Gasteiger partial charge is 0.481 e. The maximum Gasteiger partial charge on any atom is 0.310 e. The fourth-order valence-corrected chi connectivity index (χ4v) is 3.05. The molecule has 0 aromatic carbocycles. The number of hydrogen-bond acceptors (Lipinski definition) is 2. The third kappa shape index (κ3) is 2.24. The second kappa shape index (κ2) is 4.36. The number of carboxylic acids is 1. The van der Waals surface area contributed by atoms with Gasteiger partial charge in [-0.25, -0.2) is 0 Å². The number of hydrogen-bond donors (Lipinski definition) is 1. The first kappa shape index (κ1) is 11.9. The molecule has 0 spiro atoms. The molecule has 3 nitrogen and oxygen atoms in total. The Kier molecular flexibility index (Phi) is 3.24. The molecule has 0 amide bonds. The Hall–Kier alpha value is -0.570. The highest BCUT2D eigenvalue weighted by molar-refractivity contribution is 5.75. The van der Waals surface area contributed by atoms with E-state index in [4.69, 9.17) is 0 Å². The normalized spacial score (nSPS) is 25.9. The Morgan fingerprint density at radius 1 is 1.44 bits per heavy atom. The molecule has 16 heavy (non-hydrogen) atoms. The first-order chi connectivity index (χ1) is 7.55. The first-order valence-electron chi connectivity index (χ1n) is 6.49. The van der Waals surface area contributed by atoms with Gasteiger partial charge in [0, 0.05) is 12.6 Å². The van der Waals surface area contributed by atoms with Gasteiger partial charge in [-0.1, -0.05) is 12.8 Å². The topological polar surface area (TPSA) is 40.5 Å². The standard InChI is InChI=1S/C13H23NO2/c1-10(11-5-6-11)14(2)9-13(12(15)16)7-3-4-8-13/h10-11H,3-9H2,1-2H3,(H,15,16). The Labute approximate surface area is 97.8 Å². The molecule has 1 N–H and O–H groups in total. The van der Waals surface area contributed by atoms with Gasteiger partial charge >= 0.3 is 5.97 Å².